The van der Waals surface area contributed by atoms with Crippen LogP contribution in [-0.4, -0.2) is 25.2 Å². The van der Waals surface area contributed by atoms with Gasteiger partial charge in [-0.05, 0) is 0 Å². The van der Waals surface area contributed by atoms with E-state index in [1.807, 2.05) is 5.43 Å². The second-order valence-electron chi connectivity index (χ2n) is 1.82. The average Bonchev–Trinajstić information content (AvgIpc) is 2.10. The maximum absolute atomic E-state index is 10.5. The molecular formula is C5H10N4O4. The molecule has 0 aromatic carbocycles. The Kier molecular flexibility index (Phi) is 4.77. The monoisotopic (exact) mass is 190 g/mol. The third-order valence-corrected chi connectivity index (χ3v) is 0.988. The molecule has 13 heavy (non-hydrogen) atoms. The van der Waals surface area contributed by atoms with Crippen LogP contribution in [-0.2, 0) is 4.74 Å². The van der Waals surface area contributed by atoms with Crippen molar-refractivity contribution in [3.05, 3.63) is 22.1 Å². The number of nitrogens with one attached hydrogen (secondary N) is 3. The zero-order chi connectivity index (χ0) is 10.3. The van der Waals surface area contributed by atoms with Crippen molar-refractivity contribution in [1.29, 1.82) is 0 Å². The Bertz CT molecular complexity index is 227. The smallest absolute Gasteiger partial charge is 0.425 e. The lowest BCUT2D eigenvalue weighted by Gasteiger charge is -2.07. The Morgan fingerprint density at radius 3 is 2.54 bits per heavy atom. The van der Waals surface area contributed by atoms with E-state index in [1.165, 1.54) is 14.2 Å². The number of ether oxygens (including phenoxy) is 1. The third kappa shape index (κ3) is 5.30. The molecular weight excluding hydrogens is 180 g/mol. The van der Waals surface area contributed by atoms with Crippen molar-refractivity contribution in [3.63, 3.8) is 0 Å². The zero-order valence-electron chi connectivity index (χ0n) is 7.16. The van der Waals surface area contributed by atoms with E-state index in [-0.39, 0.29) is 5.82 Å². The van der Waals surface area contributed by atoms with Crippen molar-refractivity contribution >= 4 is 6.09 Å². The van der Waals surface area contributed by atoms with Gasteiger partial charge in [-0.25, -0.2) is 10.2 Å². The van der Waals surface area contributed by atoms with Crippen LogP contribution >= 0.6 is 0 Å². The molecule has 0 aliphatic heterocycles. The van der Waals surface area contributed by atoms with E-state index in [0.717, 1.165) is 0 Å². The predicted octanol–water partition coefficient (Wildman–Crippen LogP) is -0.858. The lowest BCUT2D eigenvalue weighted by atomic mass is 10.7. The summed E-state index contributed by atoms with van der Waals surface area (Å²) in [6.45, 7) is 0. The van der Waals surface area contributed by atoms with E-state index < -0.39 is 11.0 Å². The molecule has 0 aliphatic rings. The number of rotatable bonds is 4. The number of hydrogen-bond acceptors (Lipinski definition) is 6. The highest BCUT2D eigenvalue weighted by molar-refractivity contribution is 5.66. The summed E-state index contributed by atoms with van der Waals surface area (Å²) in [6, 6.07) is 0. The lowest BCUT2D eigenvalue weighted by Crippen LogP contribution is -2.40. The van der Waals surface area contributed by atoms with Gasteiger partial charge in [0.15, 0.2) is 5.82 Å². The molecule has 0 aromatic heterocycles. The van der Waals surface area contributed by atoms with Gasteiger partial charge in [-0.15, -0.1) is 0 Å². The fourth-order valence-corrected chi connectivity index (χ4v) is 0.434. The largest absolute Gasteiger partial charge is 0.452 e. The van der Waals surface area contributed by atoms with Crippen LogP contribution < -0.4 is 16.2 Å². The van der Waals surface area contributed by atoms with E-state index in [4.69, 9.17) is 0 Å². The van der Waals surface area contributed by atoms with Crippen LogP contribution in [0.1, 0.15) is 0 Å². The van der Waals surface area contributed by atoms with Crippen molar-refractivity contribution in [2.45, 2.75) is 0 Å². The highest BCUT2D eigenvalue weighted by Crippen LogP contribution is 1.80. The first-order chi connectivity index (χ1) is 6.10. The first-order valence-electron chi connectivity index (χ1n) is 3.23. The Morgan fingerprint density at radius 1 is 1.54 bits per heavy atom. The number of nitro groups is 1. The number of methoxy groups -OCH3 is 1. The fourth-order valence-electron chi connectivity index (χ4n) is 0.434. The Balaban J connectivity index is 3.99. The first kappa shape index (κ1) is 11.0. The molecule has 0 bridgehead atoms. The molecule has 0 spiro atoms. The van der Waals surface area contributed by atoms with Gasteiger partial charge in [-0.2, -0.15) is 0 Å². The van der Waals surface area contributed by atoms with Gasteiger partial charge < -0.3 is 10.1 Å². The minimum atomic E-state index is -0.746. The van der Waals surface area contributed by atoms with Gasteiger partial charge in [0, 0.05) is 7.05 Å². The molecule has 0 aliphatic carbocycles. The van der Waals surface area contributed by atoms with E-state index >= 15 is 0 Å². The summed E-state index contributed by atoms with van der Waals surface area (Å²) in [7, 11) is 2.63. The van der Waals surface area contributed by atoms with Gasteiger partial charge >= 0.3 is 6.09 Å². The fraction of sp³-hybridized carbons (Fsp3) is 0.400. The van der Waals surface area contributed by atoms with Crippen molar-refractivity contribution < 1.29 is 14.5 Å². The molecule has 3 N–H and O–H groups in total. The Hall–Kier alpha value is -1.99. The maximum atomic E-state index is 10.5. The number of carbonyl (C=O) groups excluding carboxylic acids is 1. The van der Waals surface area contributed by atoms with Crippen LogP contribution in [0, 0.1) is 10.1 Å². The summed E-state index contributed by atoms with van der Waals surface area (Å²) >= 11 is 0. The summed E-state index contributed by atoms with van der Waals surface area (Å²) in [4.78, 5) is 19.8. The van der Waals surface area contributed by atoms with Gasteiger partial charge in [-0.3, -0.25) is 15.5 Å². The molecule has 0 rings (SSSR count). The summed E-state index contributed by atoms with van der Waals surface area (Å²) in [5.74, 6) is 0.0374. The van der Waals surface area contributed by atoms with Crippen LogP contribution in [0.2, 0.25) is 0 Å². The maximum Gasteiger partial charge on any atom is 0.425 e. The van der Waals surface area contributed by atoms with E-state index in [1.54, 1.807) is 0 Å². The summed E-state index contributed by atoms with van der Waals surface area (Å²) in [5.41, 5.74) is 4.28. The molecule has 8 heteroatoms. The normalized spacial score (nSPS) is 10.2. The SMILES string of the molecule is CN/C(=C\[N+](=O)[O-])NNC(=O)OC. The van der Waals surface area contributed by atoms with Crippen molar-refractivity contribution in [2.75, 3.05) is 14.2 Å². The summed E-state index contributed by atoms with van der Waals surface area (Å²) in [5, 5.41) is 12.4. The molecule has 8 nitrogen and oxygen atoms in total. The van der Waals surface area contributed by atoms with E-state index in [2.05, 4.69) is 15.5 Å². The van der Waals surface area contributed by atoms with Crippen molar-refractivity contribution in [3.8, 4) is 0 Å². The molecule has 0 saturated heterocycles. The van der Waals surface area contributed by atoms with Crippen molar-refractivity contribution in [2.24, 2.45) is 0 Å². The van der Waals surface area contributed by atoms with Gasteiger partial charge in [0.2, 0.25) is 0 Å². The molecule has 1 amide bonds. The molecule has 74 valence electrons. The van der Waals surface area contributed by atoms with Crippen LogP contribution in [0.3, 0.4) is 0 Å². The van der Waals surface area contributed by atoms with Gasteiger partial charge in [0.05, 0.1) is 12.0 Å². The van der Waals surface area contributed by atoms with E-state index in [9.17, 15) is 14.9 Å². The lowest BCUT2D eigenvalue weighted by molar-refractivity contribution is -0.404. The topological polar surface area (TPSA) is 106 Å². The summed E-state index contributed by atoms with van der Waals surface area (Å²) in [6.07, 6.45) is -0.0832. The second-order valence-corrected chi connectivity index (χ2v) is 1.82. The van der Waals surface area contributed by atoms with Crippen LogP contribution in [0.4, 0.5) is 4.79 Å². The number of amides is 1. The molecule has 0 saturated carbocycles. The highest BCUT2D eigenvalue weighted by atomic mass is 16.6. The molecule has 0 radical (unpaired) electrons. The van der Waals surface area contributed by atoms with Crippen LogP contribution in [0.15, 0.2) is 12.0 Å². The second kappa shape index (κ2) is 5.63. The predicted molar refractivity (Wildman–Crippen MR) is 42.8 cm³/mol. The van der Waals surface area contributed by atoms with Gasteiger partial charge in [0.25, 0.3) is 6.20 Å². The zero-order valence-corrected chi connectivity index (χ0v) is 7.16. The number of hydrazine groups is 1. The Morgan fingerprint density at radius 2 is 2.15 bits per heavy atom. The molecule has 0 aromatic rings. The average molecular weight is 190 g/mol. The third-order valence-electron chi connectivity index (χ3n) is 0.988. The van der Waals surface area contributed by atoms with Crippen LogP contribution in [0.25, 0.3) is 0 Å². The van der Waals surface area contributed by atoms with Gasteiger partial charge in [-0.1, -0.05) is 0 Å². The summed E-state index contributed by atoms with van der Waals surface area (Å²) < 4.78 is 4.21. The minimum absolute atomic E-state index is 0.0374. The molecule has 0 unspecified atom stereocenters. The van der Waals surface area contributed by atoms with Crippen LogP contribution in [0.5, 0.6) is 0 Å². The molecule has 0 atom stereocenters. The highest BCUT2D eigenvalue weighted by Gasteiger charge is 2.01. The quantitative estimate of drug-likeness (QED) is 0.393. The minimum Gasteiger partial charge on any atom is -0.452 e. The van der Waals surface area contributed by atoms with Gasteiger partial charge in [0.1, 0.15) is 0 Å². The molecule has 0 fully saturated rings. The number of hydrogen-bond donors (Lipinski definition) is 3. The Labute approximate surface area is 74.1 Å². The molecule has 0 heterocycles. The van der Waals surface area contributed by atoms with Crippen molar-refractivity contribution in [1.82, 2.24) is 16.2 Å². The first-order valence-corrected chi connectivity index (χ1v) is 3.23. The number of nitrogens with zero attached hydrogens (tertiary/aromatic N) is 1. The number of carbonyl (C=O) groups is 1. The standard InChI is InChI=1S/C5H10N4O4/c1-6-4(3-9(11)12)7-8-5(10)13-2/h3,6-7H,1-2H3,(H,8,10)/b4-3+. The van der Waals surface area contributed by atoms with E-state index in [0.29, 0.717) is 6.20 Å².